The maximum absolute atomic E-state index is 10.1. The molecule has 3 aromatic carbocycles. The van der Waals surface area contributed by atoms with Crippen molar-refractivity contribution >= 4 is 22.6 Å². The molecule has 37 heavy (non-hydrogen) atoms. The number of aromatic nitrogens is 3. The van der Waals surface area contributed by atoms with E-state index in [0.29, 0.717) is 5.56 Å². The van der Waals surface area contributed by atoms with Crippen LogP contribution in [0.25, 0.3) is 5.69 Å². The second-order valence-corrected chi connectivity index (χ2v) is 11.1. The zero-order valence-electron chi connectivity index (χ0n) is 21.1. The number of nitriles is 2. The Morgan fingerprint density at radius 1 is 1.00 bits per heavy atom. The number of nitrogens with zero attached hydrogens (tertiary/aromatic N) is 5. The highest BCUT2D eigenvalue weighted by Crippen LogP contribution is 2.36. The first-order chi connectivity index (χ1) is 17.8. The van der Waals surface area contributed by atoms with E-state index >= 15 is 0 Å². The molecule has 0 aliphatic rings. The van der Waals surface area contributed by atoms with Gasteiger partial charge in [0.1, 0.15) is 0 Å². The van der Waals surface area contributed by atoms with Crippen LogP contribution in [0.15, 0.2) is 85.2 Å². The van der Waals surface area contributed by atoms with Crippen molar-refractivity contribution in [2.24, 2.45) is 5.41 Å². The van der Waals surface area contributed by atoms with Gasteiger partial charge >= 0.3 is 0 Å². The first-order valence-corrected chi connectivity index (χ1v) is 13.3. The van der Waals surface area contributed by atoms with Crippen LogP contribution in [0.5, 0.6) is 0 Å². The molecule has 0 aliphatic carbocycles. The lowest BCUT2D eigenvalue weighted by Gasteiger charge is -2.36. The Bertz CT molecular complexity index is 1400. The van der Waals surface area contributed by atoms with Gasteiger partial charge in [-0.25, -0.2) is 4.68 Å². The summed E-state index contributed by atoms with van der Waals surface area (Å²) in [6.45, 7) is 6.10. The maximum Gasteiger partial charge on any atom is 0.0991 e. The fourth-order valence-corrected chi connectivity index (χ4v) is 4.99. The lowest BCUT2D eigenvalue weighted by molar-refractivity contribution is 0.281. The van der Waals surface area contributed by atoms with Gasteiger partial charge in [0.2, 0.25) is 0 Å². The molecule has 186 valence electrons. The summed E-state index contributed by atoms with van der Waals surface area (Å²) in [7, 11) is 0. The van der Waals surface area contributed by atoms with E-state index in [1.165, 1.54) is 9.13 Å². The molecular weight excluding hydrogens is 571 g/mol. The molecule has 6 nitrogen and oxygen atoms in total. The second kappa shape index (κ2) is 11.7. The van der Waals surface area contributed by atoms with Crippen molar-refractivity contribution in [3.05, 3.63) is 111 Å². The van der Waals surface area contributed by atoms with Crippen molar-refractivity contribution in [3.8, 4) is 17.8 Å². The van der Waals surface area contributed by atoms with Gasteiger partial charge in [0.25, 0.3) is 0 Å². The average Bonchev–Trinajstić information content (AvgIpc) is 3.46. The van der Waals surface area contributed by atoms with E-state index in [1.807, 2.05) is 56.3 Å². The molecule has 0 fully saturated rings. The summed E-state index contributed by atoms with van der Waals surface area (Å²) in [4.78, 5) is 0. The Hall–Kier alpha value is -3.53. The van der Waals surface area contributed by atoms with Crippen molar-refractivity contribution in [1.82, 2.24) is 20.3 Å². The predicted octanol–water partition coefficient (Wildman–Crippen LogP) is 6.34. The Morgan fingerprint density at radius 2 is 1.73 bits per heavy atom. The van der Waals surface area contributed by atoms with Crippen LogP contribution in [0, 0.1) is 31.6 Å². The van der Waals surface area contributed by atoms with Crippen LogP contribution in [0.3, 0.4) is 0 Å². The van der Waals surface area contributed by atoms with Crippen molar-refractivity contribution in [1.29, 1.82) is 10.5 Å². The Morgan fingerprint density at radius 3 is 2.35 bits per heavy atom. The van der Waals surface area contributed by atoms with Crippen LogP contribution < -0.4 is 5.32 Å². The first kappa shape index (κ1) is 26.5. The highest BCUT2D eigenvalue weighted by Gasteiger charge is 2.34. The number of benzene rings is 3. The second-order valence-electron chi connectivity index (χ2n) is 9.84. The number of halogens is 1. The van der Waals surface area contributed by atoms with Crippen LogP contribution >= 0.6 is 22.6 Å². The number of hydrogen-bond acceptors (Lipinski definition) is 5. The van der Waals surface area contributed by atoms with Gasteiger partial charge in [0, 0.05) is 15.5 Å². The predicted molar refractivity (Wildman–Crippen MR) is 153 cm³/mol. The van der Waals surface area contributed by atoms with Gasteiger partial charge in [-0.15, -0.1) is 5.10 Å². The molecule has 0 bridgehead atoms. The Balaban J connectivity index is 1.67. The largest absolute Gasteiger partial charge is 0.305 e. The van der Waals surface area contributed by atoms with Gasteiger partial charge in [0.15, 0.2) is 0 Å². The van der Waals surface area contributed by atoms with Crippen molar-refractivity contribution in [3.63, 3.8) is 0 Å². The zero-order valence-corrected chi connectivity index (χ0v) is 23.3. The van der Waals surface area contributed by atoms with Gasteiger partial charge < -0.3 is 5.32 Å². The standard InChI is InChI=1S/C30H29IN6/c1-21(28(18-22-7-11-26(31)12-8-22)25-6-4-5-23(17-25)19-32)35-29(30(2,3)20-33)24-9-13-27(14-10-24)37-16-15-34-36-37/h4-17,21,28-29,35H,18H2,1-3H3/t21-,28+,29?/m0/s1. The molecule has 0 amide bonds. The van der Waals surface area contributed by atoms with Crippen LogP contribution in [0.4, 0.5) is 0 Å². The Kier molecular flexibility index (Phi) is 8.38. The molecular formula is C30H29IN6. The molecule has 1 aromatic heterocycles. The molecule has 1 N–H and O–H groups in total. The van der Waals surface area contributed by atoms with Crippen molar-refractivity contribution in [2.75, 3.05) is 0 Å². The first-order valence-electron chi connectivity index (χ1n) is 12.2. The minimum atomic E-state index is -0.662. The third-order valence-electron chi connectivity index (χ3n) is 6.77. The quantitative estimate of drug-likeness (QED) is 0.227. The average molecular weight is 601 g/mol. The molecule has 7 heteroatoms. The molecule has 4 aromatic rings. The lowest BCUT2D eigenvalue weighted by Crippen LogP contribution is -2.42. The third-order valence-corrected chi connectivity index (χ3v) is 7.49. The molecule has 3 atom stereocenters. The molecule has 1 heterocycles. The van der Waals surface area contributed by atoms with E-state index in [1.54, 1.807) is 17.1 Å². The third kappa shape index (κ3) is 6.43. The summed E-state index contributed by atoms with van der Waals surface area (Å²) < 4.78 is 2.91. The highest BCUT2D eigenvalue weighted by molar-refractivity contribution is 14.1. The molecule has 1 unspecified atom stereocenters. The molecule has 0 aliphatic heterocycles. The van der Waals surface area contributed by atoms with Crippen molar-refractivity contribution < 1.29 is 0 Å². The minimum absolute atomic E-state index is 0.0147. The van der Waals surface area contributed by atoms with E-state index in [9.17, 15) is 10.5 Å². The summed E-state index contributed by atoms with van der Waals surface area (Å²) in [5.41, 5.74) is 4.26. The van der Waals surface area contributed by atoms with Gasteiger partial charge in [-0.1, -0.05) is 41.6 Å². The zero-order chi connectivity index (χ0) is 26.4. The minimum Gasteiger partial charge on any atom is -0.305 e. The summed E-state index contributed by atoms with van der Waals surface area (Å²) in [6, 6.07) is 29.1. The monoisotopic (exact) mass is 600 g/mol. The van der Waals surface area contributed by atoms with E-state index in [4.69, 9.17) is 0 Å². The van der Waals surface area contributed by atoms with E-state index in [-0.39, 0.29) is 18.0 Å². The summed E-state index contributed by atoms with van der Waals surface area (Å²) in [5, 5.41) is 31.3. The summed E-state index contributed by atoms with van der Waals surface area (Å²) >= 11 is 2.32. The lowest BCUT2D eigenvalue weighted by atomic mass is 9.79. The Labute approximate surface area is 232 Å². The number of rotatable bonds is 9. The normalized spacial score (nSPS) is 13.8. The van der Waals surface area contributed by atoms with Gasteiger partial charge in [-0.05, 0) is 103 Å². The molecule has 0 radical (unpaired) electrons. The fraction of sp³-hybridized carbons (Fsp3) is 0.267. The highest BCUT2D eigenvalue weighted by atomic mass is 127. The van der Waals surface area contributed by atoms with E-state index < -0.39 is 5.41 Å². The molecule has 0 saturated heterocycles. The van der Waals surface area contributed by atoms with Crippen LogP contribution in [-0.4, -0.2) is 21.0 Å². The van der Waals surface area contributed by atoms with Crippen molar-refractivity contribution in [2.45, 2.75) is 45.2 Å². The van der Waals surface area contributed by atoms with E-state index in [2.05, 4.69) is 87.6 Å². The SMILES string of the molecule is C[C@H](NC(c1ccc(-n2ccnn2)cc1)C(C)(C)C#N)[C@@H](Cc1ccc(I)cc1)c1cccc(C#N)c1. The van der Waals surface area contributed by atoms with Gasteiger partial charge in [-0.2, -0.15) is 10.5 Å². The topological polar surface area (TPSA) is 90.3 Å². The van der Waals surface area contributed by atoms with Crippen LogP contribution in [0.2, 0.25) is 0 Å². The summed E-state index contributed by atoms with van der Waals surface area (Å²) in [6.07, 6.45) is 4.26. The molecule has 4 rings (SSSR count). The maximum atomic E-state index is 10.1. The fourth-order valence-electron chi connectivity index (χ4n) is 4.63. The number of nitrogens with one attached hydrogen (secondary N) is 1. The molecule has 0 spiro atoms. The number of hydrogen-bond donors (Lipinski definition) is 1. The van der Waals surface area contributed by atoms with Gasteiger partial charge in [-0.3, -0.25) is 0 Å². The van der Waals surface area contributed by atoms with E-state index in [0.717, 1.165) is 23.2 Å². The van der Waals surface area contributed by atoms with Crippen LogP contribution in [-0.2, 0) is 6.42 Å². The molecule has 0 saturated carbocycles. The summed E-state index contributed by atoms with van der Waals surface area (Å²) in [5.74, 6) is 0.0970. The van der Waals surface area contributed by atoms with Crippen LogP contribution in [0.1, 0.15) is 55.0 Å². The smallest absolute Gasteiger partial charge is 0.0991 e. The van der Waals surface area contributed by atoms with Gasteiger partial charge in [0.05, 0.1) is 47.2 Å².